The second kappa shape index (κ2) is 4.89. The molecule has 1 aliphatic heterocycles. The van der Waals surface area contributed by atoms with E-state index in [4.69, 9.17) is 5.73 Å². The SMILES string of the molecule is NC1CC(N2CCCS(=O)(=O)CC2)c2ccccc21. The summed E-state index contributed by atoms with van der Waals surface area (Å²) in [5, 5.41) is 0. The Bertz CT molecular complexity index is 571. The second-order valence-corrected chi connectivity index (χ2v) is 7.83. The lowest BCUT2D eigenvalue weighted by Crippen LogP contribution is -2.30. The molecule has 0 saturated carbocycles. The van der Waals surface area contributed by atoms with Gasteiger partial charge in [0.1, 0.15) is 0 Å². The molecule has 104 valence electrons. The van der Waals surface area contributed by atoms with Gasteiger partial charge in [0, 0.05) is 18.6 Å². The lowest BCUT2D eigenvalue weighted by Gasteiger charge is -2.27. The quantitative estimate of drug-likeness (QED) is 0.841. The van der Waals surface area contributed by atoms with Gasteiger partial charge in [-0.25, -0.2) is 8.42 Å². The predicted molar refractivity (Wildman–Crippen MR) is 75.6 cm³/mol. The third kappa shape index (κ3) is 2.55. The number of benzene rings is 1. The van der Waals surface area contributed by atoms with E-state index in [-0.39, 0.29) is 11.8 Å². The van der Waals surface area contributed by atoms with Gasteiger partial charge in [0.05, 0.1) is 11.5 Å². The maximum Gasteiger partial charge on any atom is 0.151 e. The van der Waals surface area contributed by atoms with Crippen LogP contribution in [0.15, 0.2) is 24.3 Å². The van der Waals surface area contributed by atoms with Crippen molar-refractivity contribution < 1.29 is 8.42 Å². The van der Waals surface area contributed by atoms with Crippen LogP contribution in [0.4, 0.5) is 0 Å². The summed E-state index contributed by atoms with van der Waals surface area (Å²) < 4.78 is 23.4. The van der Waals surface area contributed by atoms with E-state index >= 15 is 0 Å². The normalized spacial score (nSPS) is 30.8. The van der Waals surface area contributed by atoms with Crippen LogP contribution in [0, 0.1) is 0 Å². The number of hydrogen-bond acceptors (Lipinski definition) is 4. The van der Waals surface area contributed by atoms with Gasteiger partial charge in [-0.3, -0.25) is 4.90 Å². The minimum Gasteiger partial charge on any atom is -0.324 e. The van der Waals surface area contributed by atoms with Gasteiger partial charge in [0.25, 0.3) is 0 Å². The summed E-state index contributed by atoms with van der Waals surface area (Å²) in [5.74, 6) is 0.602. The zero-order chi connectivity index (χ0) is 13.5. The first-order chi connectivity index (χ1) is 9.07. The minimum atomic E-state index is -2.85. The lowest BCUT2D eigenvalue weighted by molar-refractivity contribution is 0.207. The monoisotopic (exact) mass is 280 g/mol. The Morgan fingerprint density at radius 2 is 1.84 bits per heavy atom. The summed E-state index contributed by atoms with van der Waals surface area (Å²) in [6.45, 7) is 1.49. The van der Waals surface area contributed by atoms with Crippen LogP contribution in [0.1, 0.15) is 36.1 Å². The number of fused-ring (bicyclic) bond motifs is 1. The van der Waals surface area contributed by atoms with Crippen LogP contribution in [0.3, 0.4) is 0 Å². The fraction of sp³-hybridized carbons (Fsp3) is 0.571. The van der Waals surface area contributed by atoms with E-state index in [1.54, 1.807) is 0 Å². The predicted octanol–water partition coefficient (Wildman–Crippen LogP) is 1.25. The maximum absolute atomic E-state index is 11.7. The van der Waals surface area contributed by atoms with Crippen LogP contribution in [0.25, 0.3) is 0 Å². The molecule has 0 amide bonds. The van der Waals surface area contributed by atoms with Crippen LogP contribution >= 0.6 is 0 Å². The number of hydrogen-bond donors (Lipinski definition) is 1. The molecule has 2 N–H and O–H groups in total. The van der Waals surface area contributed by atoms with Crippen molar-refractivity contribution in [3.63, 3.8) is 0 Å². The molecule has 0 radical (unpaired) electrons. The Kier molecular flexibility index (Phi) is 3.37. The molecular formula is C14H20N2O2S. The Labute approximate surface area is 114 Å². The van der Waals surface area contributed by atoms with E-state index in [1.807, 2.05) is 12.1 Å². The molecule has 1 aliphatic carbocycles. The van der Waals surface area contributed by atoms with Gasteiger partial charge in [-0.15, -0.1) is 0 Å². The molecule has 2 atom stereocenters. The summed E-state index contributed by atoms with van der Waals surface area (Å²) in [7, 11) is -2.85. The largest absolute Gasteiger partial charge is 0.324 e. The van der Waals surface area contributed by atoms with Gasteiger partial charge < -0.3 is 5.73 Å². The average Bonchev–Trinajstić information content (AvgIpc) is 2.60. The van der Waals surface area contributed by atoms with Gasteiger partial charge in [-0.05, 0) is 30.5 Å². The zero-order valence-corrected chi connectivity index (χ0v) is 11.8. The molecule has 1 aromatic rings. The number of rotatable bonds is 1. The third-order valence-corrected chi connectivity index (χ3v) is 5.98. The van der Waals surface area contributed by atoms with Gasteiger partial charge >= 0.3 is 0 Å². The van der Waals surface area contributed by atoms with E-state index in [0.717, 1.165) is 19.4 Å². The molecule has 2 unspecified atom stereocenters. The summed E-state index contributed by atoms with van der Waals surface area (Å²) in [6, 6.07) is 8.66. The highest BCUT2D eigenvalue weighted by Gasteiger charge is 2.33. The van der Waals surface area contributed by atoms with E-state index < -0.39 is 9.84 Å². The van der Waals surface area contributed by atoms with E-state index in [1.165, 1.54) is 11.1 Å². The first-order valence-electron chi connectivity index (χ1n) is 6.86. The van der Waals surface area contributed by atoms with Crippen LogP contribution in [0.2, 0.25) is 0 Å². The van der Waals surface area contributed by atoms with Crippen molar-refractivity contribution in [2.75, 3.05) is 24.6 Å². The maximum atomic E-state index is 11.7. The number of nitrogens with zero attached hydrogens (tertiary/aromatic N) is 1. The van der Waals surface area contributed by atoms with Gasteiger partial charge in [-0.1, -0.05) is 24.3 Å². The Morgan fingerprint density at radius 3 is 2.63 bits per heavy atom. The number of nitrogens with two attached hydrogens (primary N) is 1. The van der Waals surface area contributed by atoms with Crippen LogP contribution in [-0.4, -0.2) is 37.9 Å². The highest BCUT2D eigenvalue weighted by Crippen LogP contribution is 2.41. The molecule has 5 heteroatoms. The molecule has 0 aromatic heterocycles. The van der Waals surface area contributed by atoms with E-state index in [2.05, 4.69) is 17.0 Å². The first kappa shape index (κ1) is 13.1. The molecule has 3 rings (SSSR count). The standard InChI is InChI=1S/C14H20N2O2S/c15-13-10-14(12-5-2-1-4-11(12)13)16-6-3-8-19(17,18)9-7-16/h1-2,4-5,13-14H,3,6-10,15H2. The van der Waals surface area contributed by atoms with Crippen molar-refractivity contribution in [2.45, 2.75) is 24.9 Å². The second-order valence-electron chi connectivity index (χ2n) is 5.53. The molecular weight excluding hydrogens is 260 g/mol. The van der Waals surface area contributed by atoms with E-state index in [9.17, 15) is 8.42 Å². The molecule has 19 heavy (non-hydrogen) atoms. The van der Waals surface area contributed by atoms with Crippen LogP contribution in [-0.2, 0) is 9.84 Å². The Morgan fingerprint density at radius 1 is 1.11 bits per heavy atom. The Hall–Kier alpha value is -0.910. The molecule has 2 aliphatic rings. The smallest absolute Gasteiger partial charge is 0.151 e. The first-order valence-corrected chi connectivity index (χ1v) is 8.68. The molecule has 1 fully saturated rings. The molecule has 0 bridgehead atoms. The van der Waals surface area contributed by atoms with Crippen LogP contribution in [0.5, 0.6) is 0 Å². The van der Waals surface area contributed by atoms with Crippen LogP contribution < -0.4 is 5.73 Å². The molecule has 0 spiro atoms. The van der Waals surface area contributed by atoms with Gasteiger partial charge in [-0.2, -0.15) is 0 Å². The third-order valence-electron chi connectivity index (χ3n) is 4.26. The van der Waals surface area contributed by atoms with Crippen molar-refractivity contribution in [1.29, 1.82) is 0 Å². The van der Waals surface area contributed by atoms with E-state index in [0.29, 0.717) is 18.3 Å². The highest BCUT2D eigenvalue weighted by atomic mass is 32.2. The van der Waals surface area contributed by atoms with Crippen molar-refractivity contribution in [2.24, 2.45) is 5.73 Å². The topological polar surface area (TPSA) is 63.4 Å². The molecule has 4 nitrogen and oxygen atoms in total. The molecule has 1 aromatic carbocycles. The summed E-state index contributed by atoms with van der Waals surface area (Å²) in [5.41, 5.74) is 8.70. The summed E-state index contributed by atoms with van der Waals surface area (Å²) in [4.78, 5) is 2.30. The fourth-order valence-corrected chi connectivity index (χ4v) is 4.55. The van der Waals surface area contributed by atoms with Crippen molar-refractivity contribution in [1.82, 2.24) is 4.90 Å². The van der Waals surface area contributed by atoms with Gasteiger partial charge in [0.2, 0.25) is 0 Å². The minimum absolute atomic E-state index is 0.0843. The lowest BCUT2D eigenvalue weighted by atomic mass is 10.1. The summed E-state index contributed by atoms with van der Waals surface area (Å²) in [6.07, 6.45) is 1.63. The number of sulfone groups is 1. The van der Waals surface area contributed by atoms with Crippen molar-refractivity contribution in [3.05, 3.63) is 35.4 Å². The van der Waals surface area contributed by atoms with Crippen molar-refractivity contribution >= 4 is 9.84 Å². The average molecular weight is 280 g/mol. The fourth-order valence-electron chi connectivity index (χ4n) is 3.26. The molecule has 1 heterocycles. The zero-order valence-electron chi connectivity index (χ0n) is 11.0. The Balaban J connectivity index is 1.84. The van der Waals surface area contributed by atoms with Gasteiger partial charge in [0.15, 0.2) is 9.84 Å². The molecule has 1 saturated heterocycles. The highest BCUT2D eigenvalue weighted by molar-refractivity contribution is 7.91. The summed E-state index contributed by atoms with van der Waals surface area (Å²) >= 11 is 0. The van der Waals surface area contributed by atoms with Crippen molar-refractivity contribution in [3.8, 4) is 0 Å².